The Bertz CT molecular complexity index is 607. The van der Waals surface area contributed by atoms with Crippen molar-refractivity contribution in [1.82, 2.24) is 15.0 Å². The largest absolute Gasteiger partial charge is 0.451 e. The van der Waals surface area contributed by atoms with Crippen LogP contribution in [0.3, 0.4) is 0 Å². The molecule has 0 aromatic carbocycles. The molecular weight excluding hydrogens is 297 g/mol. The number of hydrogen-bond acceptors (Lipinski definition) is 5. The standard InChI is InChI=1S/C11H10ClF3N4O/c1-5-6(2)20-9(17-5)4-16-8-3-7(12)18-10(19-8)11(13,14)15/h3H,4H2,1-2H3,(H,16,18,19). The van der Waals surface area contributed by atoms with Gasteiger partial charge in [0.15, 0.2) is 0 Å². The van der Waals surface area contributed by atoms with Crippen molar-refractivity contribution in [2.24, 2.45) is 0 Å². The van der Waals surface area contributed by atoms with Gasteiger partial charge in [-0.1, -0.05) is 11.6 Å². The van der Waals surface area contributed by atoms with Crippen LogP contribution < -0.4 is 5.32 Å². The lowest BCUT2D eigenvalue weighted by atomic mass is 10.4. The minimum Gasteiger partial charge on any atom is -0.444 e. The Balaban J connectivity index is 2.15. The Kier molecular flexibility index (Phi) is 3.85. The molecule has 9 heteroatoms. The highest BCUT2D eigenvalue weighted by Gasteiger charge is 2.35. The second kappa shape index (κ2) is 5.28. The van der Waals surface area contributed by atoms with Crippen LogP contribution in [-0.4, -0.2) is 15.0 Å². The van der Waals surface area contributed by atoms with Crippen molar-refractivity contribution in [1.29, 1.82) is 0 Å². The summed E-state index contributed by atoms with van der Waals surface area (Å²) in [6.07, 6.45) is -4.66. The highest BCUT2D eigenvalue weighted by Crippen LogP contribution is 2.28. The molecule has 0 radical (unpaired) electrons. The molecule has 2 heterocycles. The molecule has 2 rings (SSSR count). The normalized spacial score (nSPS) is 11.7. The number of hydrogen-bond donors (Lipinski definition) is 1. The topological polar surface area (TPSA) is 63.8 Å². The number of halogens is 4. The second-order valence-electron chi connectivity index (χ2n) is 4.00. The summed E-state index contributed by atoms with van der Waals surface area (Å²) in [6.45, 7) is 3.61. The minimum absolute atomic E-state index is 0.0502. The molecule has 0 saturated heterocycles. The highest BCUT2D eigenvalue weighted by molar-refractivity contribution is 6.29. The minimum atomic E-state index is -4.66. The van der Waals surface area contributed by atoms with E-state index in [1.165, 1.54) is 6.07 Å². The summed E-state index contributed by atoms with van der Waals surface area (Å²) in [6, 6.07) is 1.19. The first kappa shape index (κ1) is 14.6. The van der Waals surface area contributed by atoms with Crippen molar-refractivity contribution in [3.05, 3.63) is 34.4 Å². The third-order valence-corrected chi connectivity index (χ3v) is 2.64. The van der Waals surface area contributed by atoms with Crippen LogP contribution in [0.5, 0.6) is 0 Å². The van der Waals surface area contributed by atoms with Gasteiger partial charge in [0.25, 0.3) is 0 Å². The molecule has 0 atom stereocenters. The first-order valence-corrected chi connectivity index (χ1v) is 5.92. The summed E-state index contributed by atoms with van der Waals surface area (Å²) in [5.74, 6) is -0.347. The van der Waals surface area contributed by atoms with E-state index < -0.39 is 12.0 Å². The van der Waals surface area contributed by atoms with E-state index in [0.717, 1.165) is 5.69 Å². The number of rotatable bonds is 3. The predicted molar refractivity (Wildman–Crippen MR) is 65.3 cm³/mol. The van der Waals surface area contributed by atoms with E-state index in [-0.39, 0.29) is 17.5 Å². The Morgan fingerprint density at radius 1 is 1.25 bits per heavy atom. The van der Waals surface area contributed by atoms with Gasteiger partial charge in [0.2, 0.25) is 11.7 Å². The zero-order chi connectivity index (χ0) is 14.9. The molecular formula is C11H10ClF3N4O. The second-order valence-corrected chi connectivity index (χ2v) is 4.39. The third kappa shape index (κ3) is 3.38. The molecule has 0 saturated carbocycles. The van der Waals surface area contributed by atoms with Gasteiger partial charge in [0.05, 0.1) is 12.2 Å². The Morgan fingerprint density at radius 2 is 1.95 bits per heavy atom. The summed E-state index contributed by atoms with van der Waals surface area (Å²) in [5, 5.41) is 2.37. The van der Waals surface area contributed by atoms with Crippen molar-refractivity contribution >= 4 is 17.4 Å². The maximum atomic E-state index is 12.5. The monoisotopic (exact) mass is 306 g/mol. The molecule has 0 bridgehead atoms. The first-order valence-electron chi connectivity index (χ1n) is 5.54. The fourth-order valence-electron chi connectivity index (χ4n) is 1.42. The third-order valence-electron chi connectivity index (χ3n) is 2.44. The molecule has 20 heavy (non-hydrogen) atoms. The number of alkyl halides is 3. The van der Waals surface area contributed by atoms with Gasteiger partial charge in [-0.2, -0.15) is 13.2 Å². The lowest BCUT2D eigenvalue weighted by Gasteiger charge is -2.08. The molecule has 2 aromatic rings. The van der Waals surface area contributed by atoms with Crippen LogP contribution >= 0.6 is 11.6 Å². The fraction of sp³-hybridized carbons (Fsp3) is 0.364. The first-order chi connectivity index (χ1) is 9.25. The van der Waals surface area contributed by atoms with Crippen LogP contribution in [0, 0.1) is 13.8 Å². The van der Waals surface area contributed by atoms with Crippen LogP contribution in [0.25, 0.3) is 0 Å². The van der Waals surface area contributed by atoms with E-state index in [2.05, 4.69) is 20.3 Å². The number of anilines is 1. The number of oxazole rings is 1. The number of aromatic nitrogens is 3. The summed E-state index contributed by atoms with van der Waals surface area (Å²) in [4.78, 5) is 10.6. The smallest absolute Gasteiger partial charge is 0.444 e. The van der Waals surface area contributed by atoms with Gasteiger partial charge in [-0.3, -0.25) is 0 Å². The molecule has 0 unspecified atom stereocenters. The van der Waals surface area contributed by atoms with Crippen LogP contribution in [0.2, 0.25) is 5.15 Å². The Morgan fingerprint density at radius 3 is 2.50 bits per heavy atom. The van der Waals surface area contributed by atoms with Crippen molar-refractivity contribution in [2.45, 2.75) is 26.6 Å². The van der Waals surface area contributed by atoms with Crippen LogP contribution in [0.1, 0.15) is 23.2 Å². The molecule has 0 aliphatic carbocycles. The van der Waals surface area contributed by atoms with Gasteiger partial charge in [0, 0.05) is 6.07 Å². The Labute approximate surface area is 117 Å². The molecule has 5 nitrogen and oxygen atoms in total. The SMILES string of the molecule is Cc1nc(CNc2cc(Cl)nc(C(F)(F)F)n2)oc1C. The van der Waals surface area contributed by atoms with Gasteiger partial charge >= 0.3 is 6.18 Å². The lowest BCUT2D eigenvalue weighted by molar-refractivity contribution is -0.144. The maximum absolute atomic E-state index is 12.5. The van der Waals surface area contributed by atoms with Crippen molar-refractivity contribution < 1.29 is 17.6 Å². The summed E-state index contributed by atoms with van der Waals surface area (Å²) in [5.41, 5.74) is 0.721. The van der Waals surface area contributed by atoms with Gasteiger partial charge in [-0.15, -0.1) is 0 Å². The molecule has 0 amide bonds. The van der Waals surface area contributed by atoms with E-state index in [1.807, 2.05) is 0 Å². The predicted octanol–water partition coefficient (Wildman–Crippen LogP) is 3.37. The van der Waals surface area contributed by atoms with E-state index in [0.29, 0.717) is 11.7 Å². The van der Waals surface area contributed by atoms with Crippen molar-refractivity contribution in [2.75, 3.05) is 5.32 Å². The average molecular weight is 307 g/mol. The number of nitrogens with one attached hydrogen (secondary N) is 1. The quantitative estimate of drug-likeness (QED) is 0.881. The van der Waals surface area contributed by atoms with Crippen molar-refractivity contribution in [3.63, 3.8) is 0 Å². The number of nitrogens with zero attached hydrogens (tertiary/aromatic N) is 3. The number of aryl methyl sites for hydroxylation is 2. The maximum Gasteiger partial charge on any atom is 0.451 e. The molecule has 2 aromatic heterocycles. The zero-order valence-corrected chi connectivity index (χ0v) is 11.3. The summed E-state index contributed by atoms with van der Waals surface area (Å²) in [7, 11) is 0. The van der Waals surface area contributed by atoms with E-state index in [9.17, 15) is 13.2 Å². The fourth-order valence-corrected chi connectivity index (χ4v) is 1.60. The van der Waals surface area contributed by atoms with Gasteiger partial charge in [0.1, 0.15) is 16.7 Å². The molecule has 1 N–H and O–H groups in total. The summed E-state index contributed by atoms with van der Waals surface area (Å²) < 4.78 is 42.9. The van der Waals surface area contributed by atoms with E-state index >= 15 is 0 Å². The van der Waals surface area contributed by atoms with E-state index in [4.69, 9.17) is 16.0 Å². The van der Waals surface area contributed by atoms with Crippen LogP contribution in [0.15, 0.2) is 10.5 Å². The van der Waals surface area contributed by atoms with Gasteiger partial charge in [-0.25, -0.2) is 15.0 Å². The van der Waals surface area contributed by atoms with Crippen LogP contribution in [-0.2, 0) is 12.7 Å². The molecule has 0 aliphatic rings. The zero-order valence-electron chi connectivity index (χ0n) is 10.5. The molecule has 0 aliphatic heterocycles. The molecule has 108 valence electrons. The van der Waals surface area contributed by atoms with Gasteiger partial charge < -0.3 is 9.73 Å². The average Bonchev–Trinajstić information content (AvgIpc) is 2.65. The van der Waals surface area contributed by atoms with E-state index in [1.54, 1.807) is 13.8 Å². The van der Waals surface area contributed by atoms with Gasteiger partial charge in [-0.05, 0) is 13.8 Å². The van der Waals surface area contributed by atoms with Crippen LogP contribution in [0.4, 0.5) is 19.0 Å². The summed E-state index contributed by atoms with van der Waals surface area (Å²) >= 11 is 5.54. The lowest BCUT2D eigenvalue weighted by Crippen LogP contribution is -2.13. The highest BCUT2D eigenvalue weighted by atomic mass is 35.5. The molecule has 0 fully saturated rings. The van der Waals surface area contributed by atoms with Crippen molar-refractivity contribution in [3.8, 4) is 0 Å². The molecule has 0 spiro atoms. The Hall–Kier alpha value is -1.83.